The Kier molecular flexibility index (Phi) is 4.56. The van der Waals surface area contributed by atoms with Gasteiger partial charge in [0.2, 0.25) is 5.91 Å². The van der Waals surface area contributed by atoms with Crippen LogP contribution in [-0.4, -0.2) is 32.1 Å². The summed E-state index contributed by atoms with van der Waals surface area (Å²) in [6.07, 6.45) is 1.56. The number of hydrogen-bond donors (Lipinski definition) is 1. The molecule has 0 fully saturated rings. The molecule has 0 atom stereocenters. The normalized spacial score (nSPS) is 11.3. The first kappa shape index (κ1) is 18.5. The molecule has 4 rings (SSSR count). The standard InChI is InChI=1S/C18H16ClN5O3S/c1-9-4-15(26)23(2)17-16(9)24(8-20-17)7-14(25)22-18-21-11-6-12(27-3)10(19)5-13(11)28-18/h4-6,8H,7H2,1-3H3,(H,21,22,25). The molecule has 3 aromatic heterocycles. The number of benzene rings is 1. The maximum atomic E-state index is 12.5. The van der Waals surface area contributed by atoms with E-state index in [9.17, 15) is 9.59 Å². The van der Waals surface area contributed by atoms with E-state index in [0.29, 0.717) is 27.1 Å². The number of nitrogens with one attached hydrogen (secondary N) is 1. The number of thiazole rings is 1. The van der Waals surface area contributed by atoms with Crippen LogP contribution in [0.4, 0.5) is 5.13 Å². The fraction of sp³-hybridized carbons (Fsp3) is 0.222. The second-order valence-corrected chi connectivity index (χ2v) is 7.73. The molecule has 10 heteroatoms. The lowest BCUT2D eigenvalue weighted by Crippen LogP contribution is -2.20. The van der Waals surface area contributed by atoms with Gasteiger partial charge in [0.1, 0.15) is 12.3 Å². The van der Waals surface area contributed by atoms with Crippen LogP contribution in [0.15, 0.2) is 29.3 Å². The number of carbonyl (C=O) groups is 1. The van der Waals surface area contributed by atoms with Crippen LogP contribution < -0.4 is 15.6 Å². The molecular weight excluding hydrogens is 402 g/mol. The molecule has 0 spiro atoms. The minimum atomic E-state index is -0.246. The number of rotatable bonds is 4. The molecule has 0 unspecified atom stereocenters. The Morgan fingerprint density at radius 2 is 2.14 bits per heavy atom. The number of nitrogens with zero attached hydrogens (tertiary/aromatic N) is 4. The Labute approximate surface area is 168 Å². The number of methoxy groups -OCH3 is 1. The number of pyridine rings is 1. The average molecular weight is 418 g/mol. The number of amides is 1. The first-order valence-electron chi connectivity index (χ1n) is 8.32. The lowest BCUT2D eigenvalue weighted by molar-refractivity contribution is -0.116. The summed E-state index contributed by atoms with van der Waals surface area (Å²) in [5.74, 6) is 0.285. The van der Waals surface area contributed by atoms with E-state index < -0.39 is 0 Å². The number of ether oxygens (including phenoxy) is 1. The van der Waals surface area contributed by atoms with Crippen LogP contribution in [0.25, 0.3) is 21.4 Å². The van der Waals surface area contributed by atoms with Crippen molar-refractivity contribution in [2.24, 2.45) is 7.05 Å². The van der Waals surface area contributed by atoms with Crippen molar-refractivity contribution in [3.8, 4) is 5.75 Å². The van der Waals surface area contributed by atoms with E-state index in [-0.39, 0.29) is 18.0 Å². The van der Waals surface area contributed by atoms with Crippen molar-refractivity contribution < 1.29 is 9.53 Å². The summed E-state index contributed by atoms with van der Waals surface area (Å²) in [5, 5.41) is 3.76. The highest BCUT2D eigenvalue weighted by Crippen LogP contribution is 2.34. The predicted octanol–water partition coefficient (Wildman–Crippen LogP) is 2.95. The summed E-state index contributed by atoms with van der Waals surface area (Å²) < 4.78 is 9.22. The fourth-order valence-corrected chi connectivity index (χ4v) is 4.26. The van der Waals surface area contributed by atoms with Gasteiger partial charge in [0.15, 0.2) is 10.8 Å². The van der Waals surface area contributed by atoms with E-state index in [0.717, 1.165) is 15.8 Å². The summed E-state index contributed by atoms with van der Waals surface area (Å²) in [7, 11) is 3.19. The molecule has 0 radical (unpaired) electrons. The zero-order valence-electron chi connectivity index (χ0n) is 15.3. The third-order valence-electron chi connectivity index (χ3n) is 4.40. The monoisotopic (exact) mass is 417 g/mol. The first-order chi connectivity index (χ1) is 13.4. The van der Waals surface area contributed by atoms with Gasteiger partial charge < -0.3 is 14.6 Å². The Hall–Kier alpha value is -2.91. The lowest BCUT2D eigenvalue weighted by atomic mass is 10.2. The average Bonchev–Trinajstić information content (AvgIpc) is 3.22. The highest BCUT2D eigenvalue weighted by molar-refractivity contribution is 7.22. The summed E-state index contributed by atoms with van der Waals surface area (Å²) in [4.78, 5) is 33.1. The van der Waals surface area contributed by atoms with E-state index in [4.69, 9.17) is 16.3 Å². The summed E-state index contributed by atoms with van der Waals surface area (Å²) >= 11 is 7.47. The largest absolute Gasteiger partial charge is 0.495 e. The smallest absolute Gasteiger partial charge is 0.252 e. The quantitative estimate of drug-likeness (QED) is 0.551. The van der Waals surface area contributed by atoms with Crippen LogP contribution in [0.3, 0.4) is 0 Å². The Bertz CT molecular complexity index is 1290. The molecule has 8 nitrogen and oxygen atoms in total. The third kappa shape index (κ3) is 3.12. The molecule has 0 bridgehead atoms. The van der Waals surface area contributed by atoms with E-state index >= 15 is 0 Å². The van der Waals surface area contributed by atoms with Crippen LogP contribution in [0, 0.1) is 6.92 Å². The van der Waals surface area contributed by atoms with Crippen LogP contribution in [-0.2, 0) is 18.4 Å². The Morgan fingerprint density at radius 1 is 1.36 bits per heavy atom. The number of anilines is 1. The van der Waals surface area contributed by atoms with Gasteiger partial charge in [-0.2, -0.15) is 0 Å². The fourth-order valence-electron chi connectivity index (χ4n) is 3.05. The van der Waals surface area contributed by atoms with Crippen LogP contribution >= 0.6 is 22.9 Å². The van der Waals surface area contributed by atoms with Gasteiger partial charge in [-0.3, -0.25) is 14.2 Å². The molecule has 4 aromatic rings. The minimum Gasteiger partial charge on any atom is -0.495 e. The Balaban J connectivity index is 1.60. The maximum Gasteiger partial charge on any atom is 0.252 e. The van der Waals surface area contributed by atoms with Gasteiger partial charge in [0.05, 0.1) is 34.2 Å². The van der Waals surface area contributed by atoms with Crippen LogP contribution in [0.5, 0.6) is 5.75 Å². The zero-order chi connectivity index (χ0) is 20.0. The van der Waals surface area contributed by atoms with Crippen molar-refractivity contribution >= 4 is 55.4 Å². The number of aryl methyl sites for hydroxylation is 2. The number of carbonyl (C=O) groups excluding carboxylic acids is 1. The van der Waals surface area contributed by atoms with E-state index in [2.05, 4.69) is 15.3 Å². The van der Waals surface area contributed by atoms with E-state index in [1.807, 2.05) is 6.92 Å². The molecule has 1 amide bonds. The molecule has 0 saturated carbocycles. The van der Waals surface area contributed by atoms with Crippen molar-refractivity contribution in [1.29, 1.82) is 0 Å². The summed E-state index contributed by atoms with van der Waals surface area (Å²) in [5.41, 5.74) is 2.62. The molecule has 0 aliphatic carbocycles. The minimum absolute atomic E-state index is 0.0511. The van der Waals surface area contributed by atoms with Crippen molar-refractivity contribution in [1.82, 2.24) is 19.1 Å². The van der Waals surface area contributed by atoms with Gasteiger partial charge in [0.25, 0.3) is 5.56 Å². The topological polar surface area (TPSA) is 91.0 Å². The number of hydrogen-bond acceptors (Lipinski definition) is 6. The number of fused-ring (bicyclic) bond motifs is 2. The van der Waals surface area contributed by atoms with Crippen molar-refractivity contribution in [3.63, 3.8) is 0 Å². The molecule has 1 N–H and O–H groups in total. The third-order valence-corrected chi connectivity index (χ3v) is 5.63. The molecule has 144 valence electrons. The van der Waals surface area contributed by atoms with Crippen LogP contribution in [0.1, 0.15) is 5.56 Å². The molecule has 28 heavy (non-hydrogen) atoms. The van der Waals surface area contributed by atoms with E-state index in [1.165, 1.54) is 29.1 Å². The zero-order valence-corrected chi connectivity index (χ0v) is 16.9. The number of aromatic nitrogens is 4. The highest BCUT2D eigenvalue weighted by atomic mass is 35.5. The van der Waals surface area contributed by atoms with Gasteiger partial charge in [-0.1, -0.05) is 22.9 Å². The SMILES string of the molecule is COc1cc2nc(NC(=O)Cn3cnc4c3c(C)cc(=O)n4C)sc2cc1Cl. The van der Waals surface area contributed by atoms with Gasteiger partial charge >= 0.3 is 0 Å². The highest BCUT2D eigenvalue weighted by Gasteiger charge is 2.15. The molecule has 0 saturated heterocycles. The van der Waals surface area contributed by atoms with Gasteiger partial charge in [0, 0.05) is 19.2 Å². The second kappa shape index (κ2) is 6.92. The van der Waals surface area contributed by atoms with Crippen LogP contribution in [0.2, 0.25) is 5.02 Å². The van der Waals surface area contributed by atoms with E-state index in [1.54, 1.807) is 30.1 Å². The Morgan fingerprint density at radius 3 is 2.89 bits per heavy atom. The van der Waals surface area contributed by atoms with Crippen molar-refractivity contribution in [3.05, 3.63) is 45.5 Å². The number of imidazole rings is 1. The van der Waals surface area contributed by atoms with Gasteiger partial charge in [-0.25, -0.2) is 9.97 Å². The summed E-state index contributed by atoms with van der Waals surface area (Å²) in [6, 6.07) is 5.02. The lowest BCUT2D eigenvalue weighted by Gasteiger charge is -2.07. The first-order valence-corrected chi connectivity index (χ1v) is 9.52. The molecule has 0 aliphatic heterocycles. The predicted molar refractivity (Wildman–Crippen MR) is 110 cm³/mol. The van der Waals surface area contributed by atoms with Crippen molar-refractivity contribution in [2.45, 2.75) is 13.5 Å². The molecular formula is C18H16ClN5O3S. The molecule has 1 aromatic carbocycles. The second-order valence-electron chi connectivity index (χ2n) is 6.29. The van der Waals surface area contributed by atoms with Gasteiger partial charge in [-0.05, 0) is 18.6 Å². The molecule has 0 aliphatic rings. The summed E-state index contributed by atoms with van der Waals surface area (Å²) in [6.45, 7) is 1.88. The molecule has 3 heterocycles. The van der Waals surface area contributed by atoms with Gasteiger partial charge in [-0.15, -0.1) is 0 Å². The van der Waals surface area contributed by atoms with Crippen molar-refractivity contribution in [2.75, 3.05) is 12.4 Å². The maximum absolute atomic E-state index is 12.5. The number of halogens is 1.